The van der Waals surface area contributed by atoms with E-state index in [1.807, 2.05) is 54.6 Å². The molecule has 4 rings (SSSR count). The van der Waals surface area contributed by atoms with E-state index in [1.165, 1.54) is 0 Å². The van der Waals surface area contributed by atoms with Crippen LogP contribution in [0.3, 0.4) is 0 Å². The lowest BCUT2D eigenvalue weighted by Gasteiger charge is -2.13. The minimum absolute atomic E-state index is 0.150. The number of hydrogen-bond acceptors (Lipinski definition) is 4. The van der Waals surface area contributed by atoms with Crippen molar-refractivity contribution in [2.24, 2.45) is 0 Å². The smallest absolute Gasteiger partial charge is 0.270 e. The number of carbonyl (C=O) groups is 1. The number of hydrogen-bond donors (Lipinski definition) is 1. The van der Waals surface area contributed by atoms with E-state index in [9.17, 15) is 4.79 Å². The molecule has 1 amide bonds. The molecule has 146 valence electrons. The van der Waals surface area contributed by atoms with Gasteiger partial charge in [0, 0.05) is 23.2 Å². The van der Waals surface area contributed by atoms with Gasteiger partial charge in [-0.1, -0.05) is 57.2 Å². The maximum absolute atomic E-state index is 13.0. The SMILES string of the molecule is CC(C)(C)c1cc2nc(-c3ccccc3)cc(C(=O)NCc3ccccn3)n2n1. The Kier molecular flexibility index (Phi) is 4.84. The molecule has 0 atom stereocenters. The molecule has 29 heavy (non-hydrogen) atoms. The van der Waals surface area contributed by atoms with Crippen LogP contribution in [-0.4, -0.2) is 25.5 Å². The maximum atomic E-state index is 13.0. The Hall–Kier alpha value is -3.54. The number of pyridine rings is 1. The Morgan fingerprint density at radius 2 is 1.79 bits per heavy atom. The standard InChI is InChI=1S/C23H23N5O/c1-23(2,3)20-14-21-26-18(16-9-5-4-6-10-16)13-19(28(21)27-20)22(29)25-15-17-11-7-8-12-24-17/h4-14H,15H2,1-3H3,(H,25,29). The summed E-state index contributed by atoms with van der Waals surface area (Å²) in [6, 6.07) is 19.2. The van der Waals surface area contributed by atoms with Crippen molar-refractivity contribution in [3.05, 3.63) is 83.9 Å². The van der Waals surface area contributed by atoms with Crippen molar-refractivity contribution in [3.8, 4) is 11.3 Å². The summed E-state index contributed by atoms with van der Waals surface area (Å²) in [5, 5.41) is 7.62. The third-order valence-electron chi connectivity index (χ3n) is 4.65. The molecule has 4 aromatic rings. The number of aromatic nitrogens is 4. The first-order chi connectivity index (χ1) is 13.9. The van der Waals surface area contributed by atoms with Crippen LogP contribution in [0, 0.1) is 0 Å². The van der Waals surface area contributed by atoms with E-state index in [4.69, 9.17) is 4.98 Å². The normalized spacial score (nSPS) is 11.6. The zero-order chi connectivity index (χ0) is 20.4. The van der Waals surface area contributed by atoms with Crippen LogP contribution in [0.1, 0.15) is 42.6 Å². The summed E-state index contributed by atoms with van der Waals surface area (Å²) in [6.45, 7) is 6.62. The Labute approximate surface area is 169 Å². The molecule has 0 aliphatic heterocycles. The topological polar surface area (TPSA) is 72.2 Å². The van der Waals surface area contributed by atoms with Gasteiger partial charge in [0.05, 0.1) is 23.6 Å². The van der Waals surface area contributed by atoms with E-state index >= 15 is 0 Å². The van der Waals surface area contributed by atoms with Crippen LogP contribution in [0.15, 0.2) is 66.9 Å². The number of fused-ring (bicyclic) bond motifs is 1. The van der Waals surface area contributed by atoms with Crippen LogP contribution in [0.4, 0.5) is 0 Å². The monoisotopic (exact) mass is 385 g/mol. The molecule has 0 fully saturated rings. The molecule has 0 aliphatic carbocycles. The van der Waals surface area contributed by atoms with E-state index in [1.54, 1.807) is 16.8 Å². The summed E-state index contributed by atoms with van der Waals surface area (Å²) < 4.78 is 1.63. The Morgan fingerprint density at radius 1 is 1.03 bits per heavy atom. The quantitative estimate of drug-likeness (QED) is 0.576. The van der Waals surface area contributed by atoms with Gasteiger partial charge in [-0.25, -0.2) is 9.50 Å². The van der Waals surface area contributed by atoms with E-state index in [2.05, 4.69) is 36.2 Å². The van der Waals surface area contributed by atoms with E-state index in [0.29, 0.717) is 17.9 Å². The Bertz CT molecular complexity index is 1140. The average molecular weight is 385 g/mol. The average Bonchev–Trinajstić information content (AvgIpc) is 3.17. The van der Waals surface area contributed by atoms with E-state index in [-0.39, 0.29) is 11.3 Å². The minimum atomic E-state index is -0.219. The van der Waals surface area contributed by atoms with Crippen LogP contribution in [-0.2, 0) is 12.0 Å². The fourth-order valence-electron chi connectivity index (χ4n) is 3.02. The summed E-state index contributed by atoms with van der Waals surface area (Å²) in [6.07, 6.45) is 1.71. The lowest BCUT2D eigenvalue weighted by Crippen LogP contribution is -2.26. The van der Waals surface area contributed by atoms with Crippen molar-refractivity contribution in [1.82, 2.24) is 24.9 Å². The van der Waals surface area contributed by atoms with Gasteiger partial charge in [0.25, 0.3) is 5.91 Å². The summed E-state index contributed by atoms with van der Waals surface area (Å²) in [4.78, 5) is 22.1. The molecule has 3 heterocycles. The van der Waals surface area contributed by atoms with Crippen molar-refractivity contribution < 1.29 is 4.79 Å². The molecule has 3 aromatic heterocycles. The number of nitrogens with zero attached hydrogens (tertiary/aromatic N) is 4. The van der Waals surface area contributed by atoms with Crippen molar-refractivity contribution in [2.75, 3.05) is 0 Å². The summed E-state index contributed by atoms with van der Waals surface area (Å²) in [5.41, 5.74) is 4.31. The number of nitrogens with one attached hydrogen (secondary N) is 1. The molecule has 0 unspecified atom stereocenters. The summed E-state index contributed by atoms with van der Waals surface area (Å²) in [5.74, 6) is -0.219. The second kappa shape index (κ2) is 7.47. The molecule has 0 radical (unpaired) electrons. The van der Waals surface area contributed by atoms with Gasteiger partial charge in [-0.2, -0.15) is 5.10 Å². The summed E-state index contributed by atoms with van der Waals surface area (Å²) in [7, 11) is 0. The molecule has 0 saturated carbocycles. The van der Waals surface area contributed by atoms with Gasteiger partial charge in [0.1, 0.15) is 5.69 Å². The molecule has 0 bridgehead atoms. The second-order valence-corrected chi connectivity index (χ2v) is 7.95. The number of benzene rings is 1. The first-order valence-electron chi connectivity index (χ1n) is 9.57. The van der Waals surface area contributed by atoms with Crippen LogP contribution >= 0.6 is 0 Å². The van der Waals surface area contributed by atoms with Crippen LogP contribution in [0.5, 0.6) is 0 Å². The zero-order valence-corrected chi connectivity index (χ0v) is 16.8. The molecular weight excluding hydrogens is 362 g/mol. The van der Waals surface area contributed by atoms with Crippen LogP contribution in [0.2, 0.25) is 0 Å². The van der Waals surface area contributed by atoms with Crippen molar-refractivity contribution in [1.29, 1.82) is 0 Å². The third kappa shape index (κ3) is 4.01. The molecule has 0 saturated heterocycles. The zero-order valence-electron chi connectivity index (χ0n) is 16.8. The van der Waals surface area contributed by atoms with Gasteiger partial charge in [-0.3, -0.25) is 9.78 Å². The van der Waals surface area contributed by atoms with E-state index in [0.717, 1.165) is 22.6 Å². The van der Waals surface area contributed by atoms with Gasteiger partial charge in [-0.05, 0) is 18.2 Å². The van der Waals surface area contributed by atoms with Gasteiger partial charge in [0.15, 0.2) is 5.65 Å². The van der Waals surface area contributed by atoms with Gasteiger partial charge in [-0.15, -0.1) is 0 Å². The first kappa shape index (κ1) is 18.8. The highest BCUT2D eigenvalue weighted by Gasteiger charge is 2.22. The minimum Gasteiger partial charge on any atom is -0.345 e. The largest absolute Gasteiger partial charge is 0.345 e. The highest BCUT2D eigenvalue weighted by Crippen LogP contribution is 2.25. The van der Waals surface area contributed by atoms with Gasteiger partial charge in [0.2, 0.25) is 0 Å². The molecule has 6 nitrogen and oxygen atoms in total. The number of amides is 1. The maximum Gasteiger partial charge on any atom is 0.270 e. The number of rotatable bonds is 4. The van der Waals surface area contributed by atoms with Crippen LogP contribution in [0.25, 0.3) is 16.9 Å². The molecule has 0 aliphatic rings. The molecular formula is C23H23N5O. The number of carbonyl (C=O) groups excluding carboxylic acids is 1. The van der Waals surface area contributed by atoms with Gasteiger partial charge >= 0.3 is 0 Å². The van der Waals surface area contributed by atoms with Crippen LogP contribution < -0.4 is 5.32 Å². The van der Waals surface area contributed by atoms with Crippen molar-refractivity contribution in [2.45, 2.75) is 32.7 Å². The first-order valence-corrected chi connectivity index (χ1v) is 9.57. The molecule has 1 aromatic carbocycles. The summed E-state index contributed by atoms with van der Waals surface area (Å²) >= 11 is 0. The highest BCUT2D eigenvalue weighted by molar-refractivity contribution is 5.94. The Balaban J connectivity index is 1.77. The Morgan fingerprint density at radius 3 is 2.48 bits per heavy atom. The fraction of sp³-hybridized carbons (Fsp3) is 0.217. The lowest BCUT2D eigenvalue weighted by atomic mass is 9.93. The highest BCUT2D eigenvalue weighted by atomic mass is 16.2. The lowest BCUT2D eigenvalue weighted by molar-refractivity contribution is 0.0942. The molecule has 6 heteroatoms. The predicted molar refractivity (Wildman–Crippen MR) is 113 cm³/mol. The third-order valence-corrected chi connectivity index (χ3v) is 4.65. The van der Waals surface area contributed by atoms with Gasteiger partial charge < -0.3 is 5.32 Å². The van der Waals surface area contributed by atoms with Crippen molar-refractivity contribution >= 4 is 11.6 Å². The van der Waals surface area contributed by atoms with Crippen molar-refractivity contribution in [3.63, 3.8) is 0 Å². The second-order valence-electron chi connectivity index (χ2n) is 7.95. The molecule has 0 spiro atoms. The molecule has 1 N–H and O–H groups in total. The predicted octanol–water partition coefficient (Wildman–Crippen LogP) is 4.02. The van der Waals surface area contributed by atoms with E-state index < -0.39 is 0 Å². The fourth-order valence-corrected chi connectivity index (χ4v) is 3.02.